The van der Waals surface area contributed by atoms with Gasteiger partial charge >= 0.3 is 6.18 Å². The standard InChI is InChI=1S/C13H16ClF3N2O2/c1-12(2,3)19(21)6-10(20)7-4-8(13(15,16)17)11(18)9(14)5-7/h4-5,21H,6,18H2,1-3H3. The van der Waals surface area contributed by atoms with Gasteiger partial charge in [0.1, 0.15) is 0 Å². The lowest BCUT2D eigenvalue weighted by Crippen LogP contribution is -2.41. The molecule has 3 N–H and O–H groups in total. The van der Waals surface area contributed by atoms with Gasteiger partial charge in [0.05, 0.1) is 22.8 Å². The first-order valence-corrected chi connectivity index (χ1v) is 6.37. The maximum absolute atomic E-state index is 12.8. The van der Waals surface area contributed by atoms with E-state index in [4.69, 9.17) is 17.3 Å². The van der Waals surface area contributed by atoms with E-state index in [-0.39, 0.29) is 10.6 Å². The van der Waals surface area contributed by atoms with Crippen molar-refractivity contribution >= 4 is 23.1 Å². The van der Waals surface area contributed by atoms with Crippen molar-refractivity contribution in [2.24, 2.45) is 0 Å². The first-order chi connectivity index (χ1) is 9.34. The molecule has 0 atom stereocenters. The monoisotopic (exact) mass is 324 g/mol. The predicted octanol–water partition coefficient (Wildman–Crippen LogP) is 3.61. The number of anilines is 1. The molecule has 0 amide bonds. The molecule has 0 unspecified atom stereocenters. The fourth-order valence-electron chi connectivity index (χ4n) is 1.48. The molecule has 0 bridgehead atoms. The van der Waals surface area contributed by atoms with Gasteiger partial charge in [0.15, 0.2) is 5.78 Å². The van der Waals surface area contributed by atoms with Gasteiger partial charge in [0.25, 0.3) is 0 Å². The van der Waals surface area contributed by atoms with E-state index in [0.717, 1.165) is 11.1 Å². The van der Waals surface area contributed by atoms with Crippen molar-refractivity contribution in [1.29, 1.82) is 0 Å². The van der Waals surface area contributed by atoms with Gasteiger partial charge in [-0.2, -0.15) is 18.2 Å². The number of rotatable bonds is 3. The number of hydroxylamine groups is 2. The number of carbonyl (C=O) groups is 1. The van der Waals surface area contributed by atoms with Crippen molar-refractivity contribution in [1.82, 2.24) is 5.06 Å². The van der Waals surface area contributed by atoms with E-state index in [2.05, 4.69) is 0 Å². The third-order valence-corrected chi connectivity index (χ3v) is 3.14. The lowest BCUT2D eigenvalue weighted by molar-refractivity contribution is -0.146. The van der Waals surface area contributed by atoms with Crippen LogP contribution in [0.5, 0.6) is 0 Å². The van der Waals surface area contributed by atoms with Crippen LogP contribution < -0.4 is 5.73 Å². The Morgan fingerprint density at radius 3 is 2.29 bits per heavy atom. The molecule has 0 saturated heterocycles. The summed E-state index contributed by atoms with van der Waals surface area (Å²) in [5, 5.41) is 10.1. The molecule has 118 valence electrons. The highest BCUT2D eigenvalue weighted by Gasteiger charge is 2.35. The predicted molar refractivity (Wildman–Crippen MR) is 73.4 cm³/mol. The van der Waals surface area contributed by atoms with Crippen molar-refractivity contribution < 1.29 is 23.2 Å². The third kappa shape index (κ3) is 4.33. The van der Waals surface area contributed by atoms with Gasteiger partial charge in [-0.05, 0) is 32.9 Å². The number of carbonyl (C=O) groups excluding carboxylic acids is 1. The lowest BCUT2D eigenvalue weighted by Gasteiger charge is -2.28. The first-order valence-electron chi connectivity index (χ1n) is 6.00. The van der Waals surface area contributed by atoms with Crippen LogP contribution in [0.1, 0.15) is 36.7 Å². The average molecular weight is 325 g/mol. The van der Waals surface area contributed by atoms with E-state index in [1.807, 2.05) is 0 Å². The zero-order chi connectivity index (χ0) is 16.6. The molecule has 0 radical (unpaired) electrons. The number of ketones is 1. The summed E-state index contributed by atoms with van der Waals surface area (Å²) in [6.45, 7) is 4.49. The highest BCUT2D eigenvalue weighted by molar-refractivity contribution is 6.33. The molecular formula is C13H16ClF3N2O2. The van der Waals surface area contributed by atoms with Crippen molar-refractivity contribution in [3.8, 4) is 0 Å². The zero-order valence-corrected chi connectivity index (χ0v) is 12.5. The van der Waals surface area contributed by atoms with Crippen molar-refractivity contribution in [3.05, 3.63) is 28.3 Å². The minimum absolute atomic E-state index is 0.259. The second kappa shape index (κ2) is 5.82. The molecule has 8 heteroatoms. The third-order valence-electron chi connectivity index (χ3n) is 2.82. The number of nitrogen functional groups attached to an aromatic ring is 1. The molecule has 21 heavy (non-hydrogen) atoms. The van der Waals surface area contributed by atoms with Crippen LogP contribution in [0.2, 0.25) is 5.02 Å². The van der Waals surface area contributed by atoms with Crippen LogP contribution in [-0.4, -0.2) is 28.1 Å². The van der Waals surface area contributed by atoms with E-state index in [9.17, 15) is 23.2 Å². The Kier molecular flexibility index (Phi) is 4.92. The van der Waals surface area contributed by atoms with E-state index in [1.54, 1.807) is 20.8 Å². The summed E-state index contributed by atoms with van der Waals surface area (Å²) in [6, 6.07) is 1.70. The van der Waals surface area contributed by atoms with Crippen LogP contribution in [0.4, 0.5) is 18.9 Å². The van der Waals surface area contributed by atoms with Crippen LogP contribution in [0.3, 0.4) is 0 Å². The Balaban J connectivity index is 3.15. The van der Waals surface area contributed by atoms with E-state index in [0.29, 0.717) is 6.07 Å². The summed E-state index contributed by atoms with van der Waals surface area (Å²) < 4.78 is 38.4. The number of nitrogens with zero attached hydrogens (tertiary/aromatic N) is 1. The highest BCUT2D eigenvalue weighted by atomic mass is 35.5. The van der Waals surface area contributed by atoms with Crippen LogP contribution in [-0.2, 0) is 6.18 Å². The van der Waals surface area contributed by atoms with Gasteiger partial charge < -0.3 is 10.9 Å². The Bertz CT molecular complexity index is 554. The van der Waals surface area contributed by atoms with Crippen molar-refractivity contribution in [3.63, 3.8) is 0 Å². The molecule has 1 aromatic carbocycles. The fourth-order valence-corrected chi connectivity index (χ4v) is 1.70. The molecule has 0 aromatic heterocycles. The van der Waals surface area contributed by atoms with E-state index >= 15 is 0 Å². The normalized spacial score (nSPS) is 12.8. The molecule has 0 aliphatic carbocycles. The molecule has 0 aliphatic rings. The number of nitrogens with two attached hydrogens (primary N) is 1. The Morgan fingerprint density at radius 1 is 1.33 bits per heavy atom. The summed E-state index contributed by atoms with van der Waals surface area (Å²) in [4.78, 5) is 12.0. The van der Waals surface area contributed by atoms with E-state index in [1.165, 1.54) is 0 Å². The molecule has 0 heterocycles. The average Bonchev–Trinajstić information content (AvgIpc) is 2.29. The summed E-state index contributed by atoms with van der Waals surface area (Å²) >= 11 is 5.64. The molecule has 0 aliphatic heterocycles. The minimum atomic E-state index is -4.72. The largest absolute Gasteiger partial charge is 0.418 e. The SMILES string of the molecule is CC(C)(C)N(O)CC(=O)c1cc(Cl)c(N)c(C(F)(F)F)c1. The Labute approximate surface area is 125 Å². The smallest absolute Gasteiger partial charge is 0.397 e. The summed E-state index contributed by atoms with van der Waals surface area (Å²) in [7, 11) is 0. The Hall–Kier alpha value is -1.31. The lowest BCUT2D eigenvalue weighted by atomic mass is 10.0. The van der Waals surface area contributed by atoms with Crippen LogP contribution in [0, 0.1) is 0 Å². The van der Waals surface area contributed by atoms with Gasteiger partial charge in [-0.1, -0.05) is 11.6 Å². The van der Waals surface area contributed by atoms with Crippen LogP contribution >= 0.6 is 11.6 Å². The van der Waals surface area contributed by atoms with E-state index < -0.39 is 35.3 Å². The fraction of sp³-hybridized carbons (Fsp3) is 0.462. The number of benzene rings is 1. The molecule has 0 saturated carbocycles. The van der Waals surface area contributed by atoms with Gasteiger partial charge in [-0.25, -0.2) is 0 Å². The van der Waals surface area contributed by atoms with Gasteiger partial charge in [0.2, 0.25) is 0 Å². The zero-order valence-electron chi connectivity index (χ0n) is 11.8. The second-order valence-corrected chi connectivity index (χ2v) is 5.98. The molecule has 0 fully saturated rings. The maximum Gasteiger partial charge on any atom is 0.418 e. The summed E-state index contributed by atoms with van der Waals surface area (Å²) in [5.74, 6) is -0.695. The number of alkyl halides is 3. The molecule has 4 nitrogen and oxygen atoms in total. The van der Waals surface area contributed by atoms with Gasteiger partial charge in [0, 0.05) is 11.1 Å². The second-order valence-electron chi connectivity index (χ2n) is 5.57. The van der Waals surface area contributed by atoms with Crippen LogP contribution in [0.25, 0.3) is 0 Å². The van der Waals surface area contributed by atoms with Crippen molar-refractivity contribution in [2.45, 2.75) is 32.5 Å². The quantitative estimate of drug-likeness (QED) is 0.506. The first kappa shape index (κ1) is 17.7. The highest BCUT2D eigenvalue weighted by Crippen LogP contribution is 2.37. The maximum atomic E-state index is 12.8. The number of hydrogen-bond acceptors (Lipinski definition) is 4. The van der Waals surface area contributed by atoms with Gasteiger partial charge in [-0.15, -0.1) is 0 Å². The van der Waals surface area contributed by atoms with Crippen molar-refractivity contribution in [2.75, 3.05) is 12.3 Å². The molecule has 1 aromatic rings. The number of halogens is 4. The molecular weight excluding hydrogens is 309 g/mol. The Morgan fingerprint density at radius 2 is 1.86 bits per heavy atom. The molecule has 1 rings (SSSR count). The number of Topliss-reactive ketones (excluding diaryl/α,β-unsaturated/α-hetero) is 1. The molecule has 0 spiro atoms. The summed E-state index contributed by atoms with van der Waals surface area (Å²) in [6.07, 6.45) is -4.72. The number of hydrogen-bond donors (Lipinski definition) is 2. The topological polar surface area (TPSA) is 66.6 Å². The van der Waals surface area contributed by atoms with Gasteiger partial charge in [-0.3, -0.25) is 4.79 Å². The summed E-state index contributed by atoms with van der Waals surface area (Å²) in [5.41, 5.74) is 2.51. The van der Waals surface area contributed by atoms with Crippen LogP contribution in [0.15, 0.2) is 12.1 Å². The minimum Gasteiger partial charge on any atom is -0.397 e.